The highest BCUT2D eigenvalue weighted by molar-refractivity contribution is 5.72. The summed E-state index contributed by atoms with van der Waals surface area (Å²) in [4.78, 5) is 41.8. The number of carbonyl (C=O) groups is 2. The Labute approximate surface area is 185 Å². The summed E-state index contributed by atoms with van der Waals surface area (Å²) in [7, 11) is 0. The molecule has 0 N–H and O–H groups in total. The van der Waals surface area contributed by atoms with Crippen molar-refractivity contribution in [1.82, 2.24) is 0 Å². The highest BCUT2D eigenvalue weighted by atomic mass is 17.2. The van der Waals surface area contributed by atoms with E-state index in [1.165, 1.54) is 25.7 Å². The van der Waals surface area contributed by atoms with E-state index in [4.69, 9.17) is 9.78 Å². The maximum Gasteiger partial charge on any atom is 0.355 e. The minimum Gasteiger partial charge on any atom is -0.247 e. The van der Waals surface area contributed by atoms with Crippen molar-refractivity contribution in [2.45, 2.75) is 144 Å². The fraction of sp³-hybridized carbons (Fsp3) is 0.917. The highest BCUT2D eigenvalue weighted by Crippen LogP contribution is 2.14. The van der Waals surface area contributed by atoms with Gasteiger partial charge in [0.05, 0.1) is 24.0 Å². The molecule has 6 nitrogen and oxygen atoms in total. The Morgan fingerprint density at radius 3 is 1.10 bits per heavy atom. The summed E-state index contributed by atoms with van der Waals surface area (Å²) in [5.74, 6) is -0.887. The maximum atomic E-state index is 11.3. The Bertz CT molecular complexity index is 380. The van der Waals surface area contributed by atoms with Crippen molar-refractivity contribution in [2.24, 2.45) is 0 Å². The third-order valence-electron chi connectivity index (χ3n) is 3.74. The molecule has 0 fully saturated rings. The van der Waals surface area contributed by atoms with E-state index in [-0.39, 0.29) is 11.2 Å². The summed E-state index contributed by atoms with van der Waals surface area (Å²) >= 11 is 0. The Kier molecular flexibility index (Phi) is 19.3. The lowest BCUT2D eigenvalue weighted by Gasteiger charge is -2.24. The van der Waals surface area contributed by atoms with Crippen LogP contribution in [-0.4, -0.2) is 23.1 Å². The fourth-order valence-corrected chi connectivity index (χ4v) is 2.17. The number of hydrogen-bond acceptors (Lipinski definition) is 6. The number of unbranched alkanes of at least 4 members (excludes halogenated alkanes) is 8. The molecule has 0 aliphatic carbocycles. The molecule has 0 heterocycles. The average molecular weight is 433 g/mol. The topological polar surface area (TPSA) is 71.1 Å². The molecule has 30 heavy (non-hydrogen) atoms. The predicted octanol–water partition coefficient (Wildman–Crippen LogP) is 7.24. The van der Waals surface area contributed by atoms with E-state index >= 15 is 0 Å². The van der Waals surface area contributed by atoms with E-state index in [1.807, 2.05) is 41.5 Å². The molecule has 180 valence electrons. The summed E-state index contributed by atoms with van der Waals surface area (Å²) in [6, 6.07) is 0. The van der Waals surface area contributed by atoms with Crippen molar-refractivity contribution in [3.63, 3.8) is 0 Å². The Morgan fingerprint density at radius 1 is 0.533 bits per heavy atom. The van der Waals surface area contributed by atoms with Gasteiger partial charge in [0.2, 0.25) is 0 Å². The van der Waals surface area contributed by atoms with Crippen molar-refractivity contribution in [3.05, 3.63) is 0 Å². The molecular formula is C24H48O6. The van der Waals surface area contributed by atoms with Crippen LogP contribution in [-0.2, 0) is 29.1 Å². The van der Waals surface area contributed by atoms with Crippen LogP contribution in [0.4, 0.5) is 0 Å². The predicted molar refractivity (Wildman–Crippen MR) is 121 cm³/mol. The van der Waals surface area contributed by atoms with Crippen LogP contribution < -0.4 is 0 Å². The van der Waals surface area contributed by atoms with Crippen LogP contribution in [0.2, 0.25) is 0 Å². The van der Waals surface area contributed by atoms with E-state index in [0.29, 0.717) is 12.8 Å². The molecule has 0 unspecified atom stereocenters. The van der Waals surface area contributed by atoms with E-state index in [2.05, 4.69) is 23.6 Å². The molecule has 0 spiro atoms. The van der Waals surface area contributed by atoms with Crippen molar-refractivity contribution >= 4 is 11.9 Å². The smallest absolute Gasteiger partial charge is 0.247 e. The second-order valence-corrected chi connectivity index (χ2v) is 9.63. The zero-order chi connectivity index (χ0) is 23.5. The summed E-state index contributed by atoms with van der Waals surface area (Å²) in [5, 5.41) is 0. The normalized spacial score (nSPS) is 11.5. The minimum absolute atomic E-state index is 0.215. The van der Waals surface area contributed by atoms with Crippen molar-refractivity contribution in [2.75, 3.05) is 0 Å². The van der Waals surface area contributed by atoms with Crippen LogP contribution in [0.5, 0.6) is 0 Å². The lowest BCUT2D eigenvalue weighted by Crippen LogP contribution is -2.27. The van der Waals surface area contributed by atoms with Gasteiger partial charge in [-0.25, -0.2) is 29.1 Å². The monoisotopic (exact) mass is 432 g/mol. The van der Waals surface area contributed by atoms with Crippen LogP contribution in [0.3, 0.4) is 0 Å². The van der Waals surface area contributed by atoms with Crippen LogP contribution in [0.25, 0.3) is 0 Å². The molecule has 0 aliphatic heterocycles. The van der Waals surface area contributed by atoms with E-state index < -0.39 is 11.9 Å². The van der Waals surface area contributed by atoms with Gasteiger partial charge in [-0.2, -0.15) is 0 Å². The fourth-order valence-electron chi connectivity index (χ4n) is 2.17. The summed E-state index contributed by atoms with van der Waals surface area (Å²) < 4.78 is 0. The first kappa shape index (κ1) is 31.0. The van der Waals surface area contributed by atoms with E-state index in [1.54, 1.807) is 0 Å². The van der Waals surface area contributed by atoms with Gasteiger partial charge in [0.1, 0.15) is 0 Å². The molecule has 0 saturated heterocycles. The van der Waals surface area contributed by atoms with Gasteiger partial charge in [-0.15, -0.1) is 0 Å². The zero-order valence-electron chi connectivity index (χ0n) is 20.9. The molecule has 0 rings (SSSR count). The van der Waals surface area contributed by atoms with Crippen molar-refractivity contribution in [1.29, 1.82) is 0 Å². The Hall–Kier alpha value is -1.14. The van der Waals surface area contributed by atoms with Gasteiger partial charge in [0.15, 0.2) is 0 Å². The van der Waals surface area contributed by atoms with Crippen LogP contribution in [0.1, 0.15) is 132 Å². The second-order valence-electron chi connectivity index (χ2n) is 9.63. The molecule has 0 aromatic heterocycles. The minimum atomic E-state index is -0.444. The molecular weight excluding hydrogens is 384 g/mol. The SMILES string of the molecule is CC(C)(C)OOC(C)(C)C.CCCCCCCC(=O)OOC(=O)CCCCCCC. The standard InChI is InChI=1S/C16H30O4.C8H18O2/c1-3-5-7-9-11-13-15(17)19-20-16(18)14-12-10-8-6-4-2;1-7(2,3)9-10-8(4,5)6/h3-14H2,1-2H3;1-6H3. The number of hydrogen-bond donors (Lipinski definition) is 0. The lowest BCUT2D eigenvalue weighted by molar-refractivity contribution is -0.393. The second kappa shape index (κ2) is 18.6. The molecule has 0 aromatic rings. The summed E-state index contributed by atoms with van der Waals surface area (Å²) in [6.07, 6.45) is 11.3. The first-order valence-corrected chi connectivity index (χ1v) is 11.7. The van der Waals surface area contributed by atoms with Crippen molar-refractivity contribution in [3.8, 4) is 0 Å². The van der Waals surface area contributed by atoms with Gasteiger partial charge in [-0.1, -0.05) is 65.2 Å². The van der Waals surface area contributed by atoms with E-state index in [0.717, 1.165) is 38.5 Å². The van der Waals surface area contributed by atoms with Crippen LogP contribution in [0.15, 0.2) is 0 Å². The maximum absolute atomic E-state index is 11.3. The van der Waals surface area contributed by atoms with Gasteiger partial charge in [0.25, 0.3) is 0 Å². The summed E-state index contributed by atoms with van der Waals surface area (Å²) in [5.41, 5.74) is -0.430. The zero-order valence-corrected chi connectivity index (χ0v) is 20.9. The number of carbonyl (C=O) groups excluding carboxylic acids is 2. The molecule has 0 aromatic carbocycles. The van der Waals surface area contributed by atoms with Crippen LogP contribution in [0, 0.1) is 0 Å². The first-order chi connectivity index (χ1) is 13.9. The molecule has 0 radical (unpaired) electrons. The Morgan fingerprint density at radius 2 is 0.833 bits per heavy atom. The lowest BCUT2D eigenvalue weighted by atomic mass is 10.1. The summed E-state index contributed by atoms with van der Waals surface area (Å²) in [6.45, 7) is 16.0. The quantitative estimate of drug-likeness (QED) is 0.173. The third kappa shape index (κ3) is 29.1. The van der Waals surface area contributed by atoms with Crippen LogP contribution >= 0.6 is 0 Å². The van der Waals surface area contributed by atoms with Crippen molar-refractivity contribution < 1.29 is 29.1 Å². The first-order valence-electron chi connectivity index (χ1n) is 11.7. The highest BCUT2D eigenvalue weighted by Gasteiger charge is 2.18. The van der Waals surface area contributed by atoms with E-state index in [9.17, 15) is 9.59 Å². The molecule has 0 amide bonds. The van der Waals surface area contributed by atoms with Gasteiger partial charge in [0, 0.05) is 0 Å². The Balaban J connectivity index is 0. The molecule has 0 aliphatic rings. The third-order valence-corrected chi connectivity index (χ3v) is 3.74. The molecule has 0 saturated carbocycles. The molecule has 6 heteroatoms. The van der Waals surface area contributed by atoms with Gasteiger partial charge < -0.3 is 0 Å². The molecule has 0 bridgehead atoms. The van der Waals surface area contributed by atoms with Gasteiger partial charge >= 0.3 is 11.9 Å². The average Bonchev–Trinajstić information content (AvgIpc) is 2.64. The molecule has 0 atom stereocenters. The number of rotatable bonds is 13. The van der Waals surface area contributed by atoms with Gasteiger partial charge in [-0.3, -0.25) is 0 Å². The largest absolute Gasteiger partial charge is 0.355 e. The van der Waals surface area contributed by atoms with Gasteiger partial charge in [-0.05, 0) is 54.4 Å².